The first-order valence-corrected chi connectivity index (χ1v) is 24.9. The molecular formula is C68H44F4N2. The summed E-state index contributed by atoms with van der Waals surface area (Å²) < 4.78 is 59.5. The normalized spacial score (nSPS) is 16.4. The van der Waals surface area contributed by atoms with E-state index >= 15 is 0 Å². The number of halogens is 4. The van der Waals surface area contributed by atoms with Crippen LogP contribution in [0, 0.1) is 23.3 Å². The molecule has 0 heterocycles. The molecule has 0 spiro atoms. The van der Waals surface area contributed by atoms with E-state index in [4.69, 9.17) is 0 Å². The van der Waals surface area contributed by atoms with E-state index in [2.05, 4.69) is 157 Å². The Morgan fingerprint density at radius 2 is 0.541 bits per heavy atom. The van der Waals surface area contributed by atoms with Crippen LogP contribution >= 0.6 is 0 Å². The van der Waals surface area contributed by atoms with Crippen LogP contribution in [0.4, 0.5) is 51.7 Å². The van der Waals surface area contributed by atoms with Gasteiger partial charge in [0.15, 0.2) is 0 Å². The Hall–Kier alpha value is -9.00. The molecule has 2 nitrogen and oxygen atoms in total. The van der Waals surface area contributed by atoms with Crippen LogP contribution in [0.25, 0.3) is 65.3 Å². The van der Waals surface area contributed by atoms with Gasteiger partial charge in [0.1, 0.15) is 23.3 Å². The summed E-state index contributed by atoms with van der Waals surface area (Å²) in [5, 5.41) is 8.59. The van der Waals surface area contributed by atoms with Crippen molar-refractivity contribution >= 4 is 77.2 Å². The van der Waals surface area contributed by atoms with Crippen molar-refractivity contribution in [2.75, 3.05) is 9.80 Å². The van der Waals surface area contributed by atoms with Gasteiger partial charge in [-0.25, -0.2) is 17.6 Å². The third-order valence-electron chi connectivity index (χ3n) is 16.4. The standard InChI is InChI=1S/C68H44F4N2/c1-67(57-37-19-41-11-3-5-13-51(41)63(57)65-55-17-9-7-15-53(55)61(39-59(65)67)73(47-29-21-43(69)22-30-47)48-31-23-44(70)24-32-48)68(2)58-38-20-42-12-4-6-14-52(42)64(58)66-56-18-10-8-16-54(56)62(40-60(66)68)74(49-33-25-45(71)26-34-49)50-35-27-46(72)28-36-50/h3-40H,1-2H3. The highest BCUT2D eigenvalue weighted by Crippen LogP contribution is 2.69. The summed E-state index contributed by atoms with van der Waals surface area (Å²) in [6.45, 7) is 4.82. The molecule has 12 aromatic rings. The number of hydrogen-bond acceptors (Lipinski definition) is 2. The summed E-state index contributed by atoms with van der Waals surface area (Å²) in [7, 11) is 0. The molecule has 2 aliphatic carbocycles. The number of benzene rings is 12. The molecule has 2 atom stereocenters. The van der Waals surface area contributed by atoms with Gasteiger partial charge in [0.2, 0.25) is 0 Å². The van der Waals surface area contributed by atoms with Crippen LogP contribution in [0.3, 0.4) is 0 Å². The van der Waals surface area contributed by atoms with Gasteiger partial charge in [0, 0.05) is 44.4 Å². The lowest BCUT2D eigenvalue weighted by atomic mass is 9.56. The largest absolute Gasteiger partial charge is 0.310 e. The van der Waals surface area contributed by atoms with Crippen molar-refractivity contribution in [3.05, 3.63) is 276 Å². The Labute approximate surface area is 425 Å². The second-order valence-corrected chi connectivity index (χ2v) is 20.0. The number of fused-ring (bicyclic) bond motifs is 14. The van der Waals surface area contributed by atoms with Crippen molar-refractivity contribution < 1.29 is 17.6 Å². The summed E-state index contributed by atoms with van der Waals surface area (Å²) in [4.78, 5) is 4.23. The van der Waals surface area contributed by atoms with Crippen molar-refractivity contribution in [2.45, 2.75) is 24.7 Å². The number of anilines is 6. The SMILES string of the molecule is CC1(C2(C)c3ccc4ccccc4c3-c3c2cc(N(c2ccc(F)cc2)c2ccc(F)cc2)c2ccccc32)c2ccc3ccccc3c2-c2c1cc(N(c1ccc(F)cc1)c1ccc(F)cc1)c1ccccc21. The number of hydrogen-bond donors (Lipinski definition) is 0. The van der Waals surface area contributed by atoms with Crippen molar-refractivity contribution in [2.24, 2.45) is 0 Å². The van der Waals surface area contributed by atoms with E-state index < -0.39 is 10.8 Å². The van der Waals surface area contributed by atoms with Gasteiger partial charge in [-0.05, 0) is 186 Å². The first-order chi connectivity index (χ1) is 36.1. The topological polar surface area (TPSA) is 6.48 Å². The highest BCUT2D eigenvalue weighted by Gasteiger charge is 2.59. The monoisotopic (exact) mass is 964 g/mol. The maximum absolute atomic E-state index is 14.9. The predicted molar refractivity (Wildman–Crippen MR) is 296 cm³/mol. The molecule has 0 fully saturated rings. The smallest absolute Gasteiger partial charge is 0.123 e. The van der Waals surface area contributed by atoms with Crippen molar-refractivity contribution in [1.29, 1.82) is 0 Å². The van der Waals surface area contributed by atoms with Gasteiger partial charge in [0.05, 0.1) is 11.4 Å². The zero-order valence-corrected chi connectivity index (χ0v) is 40.3. The lowest BCUT2D eigenvalue weighted by Crippen LogP contribution is -2.44. The molecule has 2 unspecified atom stereocenters. The summed E-state index contributed by atoms with van der Waals surface area (Å²) >= 11 is 0. The molecule has 0 saturated heterocycles. The predicted octanol–water partition coefficient (Wildman–Crippen LogP) is 19.1. The van der Waals surface area contributed by atoms with Gasteiger partial charge in [0.25, 0.3) is 0 Å². The third-order valence-corrected chi connectivity index (χ3v) is 16.4. The minimum absolute atomic E-state index is 0.357. The van der Waals surface area contributed by atoms with E-state index in [-0.39, 0.29) is 23.3 Å². The molecule has 0 amide bonds. The molecule has 12 aromatic carbocycles. The summed E-state index contributed by atoms with van der Waals surface area (Å²) in [6, 6.07) is 74.1. The lowest BCUT2D eigenvalue weighted by Gasteiger charge is -2.46. The van der Waals surface area contributed by atoms with E-state index in [9.17, 15) is 17.6 Å². The maximum Gasteiger partial charge on any atom is 0.123 e. The fraction of sp³-hybridized carbons (Fsp3) is 0.0588. The Kier molecular flexibility index (Phi) is 9.61. The van der Waals surface area contributed by atoms with E-state index in [1.807, 2.05) is 0 Å². The highest BCUT2D eigenvalue weighted by molar-refractivity contribution is 6.18. The van der Waals surface area contributed by atoms with Crippen molar-refractivity contribution in [1.82, 2.24) is 0 Å². The van der Waals surface area contributed by atoms with Crippen LogP contribution in [0.2, 0.25) is 0 Å². The van der Waals surface area contributed by atoms with E-state index in [0.29, 0.717) is 0 Å². The van der Waals surface area contributed by atoms with Gasteiger partial charge in [-0.15, -0.1) is 0 Å². The Morgan fingerprint density at radius 3 is 0.865 bits per heavy atom. The summed E-state index contributed by atoms with van der Waals surface area (Å²) in [5.74, 6) is -1.43. The first-order valence-electron chi connectivity index (χ1n) is 24.9. The minimum Gasteiger partial charge on any atom is -0.310 e. The van der Waals surface area contributed by atoms with E-state index in [0.717, 1.165) is 111 Å². The van der Waals surface area contributed by atoms with Crippen LogP contribution in [0.1, 0.15) is 36.1 Å². The molecule has 6 heteroatoms. The minimum atomic E-state index is -0.837. The molecule has 14 rings (SSSR count). The van der Waals surface area contributed by atoms with Crippen LogP contribution < -0.4 is 9.80 Å². The second kappa shape index (κ2) is 16.3. The zero-order valence-electron chi connectivity index (χ0n) is 40.3. The van der Waals surface area contributed by atoms with Gasteiger partial charge in [-0.2, -0.15) is 0 Å². The molecule has 74 heavy (non-hydrogen) atoms. The zero-order chi connectivity index (χ0) is 50.0. The van der Waals surface area contributed by atoms with Crippen LogP contribution in [0.15, 0.2) is 231 Å². The molecule has 0 aliphatic heterocycles. The lowest BCUT2D eigenvalue weighted by molar-refractivity contribution is 0.376. The van der Waals surface area contributed by atoms with Crippen LogP contribution in [-0.4, -0.2) is 0 Å². The van der Waals surface area contributed by atoms with Gasteiger partial charge in [-0.3, -0.25) is 0 Å². The van der Waals surface area contributed by atoms with E-state index in [1.54, 1.807) is 48.5 Å². The third kappa shape index (κ3) is 6.18. The average molecular weight is 965 g/mol. The molecular weight excluding hydrogens is 921 g/mol. The first kappa shape index (κ1) is 43.8. The Bertz CT molecular complexity index is 3900. The molecule has 0 bridgehead atoms. The molecule has 0 radical (unpaired) electrons. The molecule has 2 aliphatic rings. The van der Waals surface area contributed by atoms with Gasteiger partial charge < -0.3 is 9.80 Å². The van der Waals surface area contributed by atoms with Crippen LogP contribution in [-0.2, 0) is 10.8 Å². The molecule has 0 aromatic heterocycles. The second-order valence-electron chi connectivity index (χ2n) is 20.0. The molecule has 0 saturated carbocycles. The van der Waals surface area contributed by atoms with E-state index in [1.165, 1.54) is 59.7 Å². The molecule has 354 valence electrons. The maximum atomic E-state index is 14.9. The summed E-state index contributed by atoms with van der Waals surface area (Å²) in [5.41, 5.74) is 12.1. The fourth-order valence-electron chi connectivity index (χ4n) is 12.9. The van der Waals surface area contributed by atoms with Gasteiger partial charge in [-0.1, -0.05) is 135 Å². The average Bonchev–Trinajstić information content (AvgIpc) is 3.92. The Balaban J connectivity index is 1.15. The van der Waals surface area contributed by atoms with Crippen molar-refractivity contribution in [3.8, 4) is 22.3 Å². The Morgan fingerprint density at radius 1 is 0.270 bits per heavy atom. The highest BCUT2D eigenvalue weighted by atomic mass is 19.1. The van der Waals surface area contributed by atoms with Crippen molar-refractivity contribution in [3.63, 3.8) is 0 Å². The molecule has 0 N–H and O–H groups in total. The quantitative estimate of drug-likeness (QED) is 0.147. The fourth-order valence-corrected chi connectivity index (χ4v) is 12.9. The van der Waals surface area contributed by atoms with Gasteiger partial charge >= 0.3 is 0 Å². The number of nitrogens with zero attached hydrogens (tertiary/aromatic N) is 2. The van der Waals surface area contributed by atoms with Crippen LogP contribution in [0.5, 0.6) is 0 Å². The number of rotatable bonds is 7. The summed E-state index contributed by atoms with van der Waals surface area (Å²) in [6.07, 6.45) is 0.